The molecule has 1 unspecified atom stereocenters. The number of hydrogen-bond acceptors (Lipinski definition) is 5. The fourth-order valence-corrected chi connectivity index (χ4v) is 3.49. The average molecular weight is 569 g/mol. The van der Waals surface area contributed by atoms with Crippen LogP contribution in [0.4, 0.5) is 8.78 Å². The van der Waals surface area contributed by atoms with E-state index in [1.54, 1.807) is 25.1 Å². The lowest BCUT2D eigenvalue weighted by Gasteiger charge is -2.34. The summed E-state index contributed by atoms with van der Waals surface area (Å²) in [7, 11) is 2.16. The summed E-state index contributed by atoms with van der Waals surface area (Å²) >= 11 is 0. The third kappa shape index (κ3) is 10.0. The summed E-state index contributed by atoms with van der Waals surface area (Å²) in [5.74, 6) is 1.44. The topological polar surface area (TPSA) is 61.4 Å². The van der Waals surface area contributed by atoms with Crippen molar-refractivity contribution >= 4 is 29.9 Å². The van der Waals surface area contributed by atoms with Gasteiger partial charge in [-0.1, -0.05) is 19.1 Å². The molecule has 0 bridgehead atoms. The van der Waals surface area contributed by atoms with E-state index in [9.17, 15) is 8.78 Å². The maximum atomic E-state index is 12.9. The minimum atomic E-state index is -2.92. The lowest BCUT2D eigenvalue weighted by atomic mass is 10.1. The molecule has 1 atom stereocenters. The van der Waals surface area contributed by atoms with Crippen LogP contribution in [0.2, 0.25) is 0 Å². The van der Waals surface area contributed by atoms with Crippen LogP contribution in [0.25, 0.3) is 0 Å². The molecule has 32 heavy (non-hydrogen) atoms. The van der Waals surface area contributed by atoms with Gasteiger partial charge in [-0.2, -0.15) is 8.78 Å². The lowest BCUT2D eigenvalue weighted by Crippen LogP contribution is -2.47. The summed E-state index contributed by atoms with van der Waals surface area (Å²) in [6, 6.07) is 5.11. The van der Waals surface area contributed by atoms with Crippen LogP contribution in [0, 0.1) is 5.92 Å². The molecule has 1 aliphatic rings. The summed E-state index contributed by atoms with van der Waals surface area (Å²) < 4.78 is 36.0. The Morgan fingerprint density at radius 2 is 1.88 bits per heavy atom. The van der Waals surface area contributed by atoms with Crippen molar-refractivity contribution in [2.24, 2.45) is 10.9 Å². The molecule has 0 aromatic heterocycles. The normalized spacial score (nSPS) is 16.4. The number of para-hydroxylation sites is 1. The van der Waals surface area contributed by atoms with Crippen LogP contribution in [-0.2, 0) is 6.54 Å². The van der Waals surface area contributed by atoms with Gasteiger partial charge in [-0.25, -0.2) is 4.99 Å². The van der Waals surface area contributed by atoms with Crippen LogP contribution in [-0.4, -0.2) is 81.8 Å². The monoisotopic (exact) mass is 569 g/mol. The largest absolute Gasteiger partial charge is 0.490 e. The van der Waals surface area contributed by atoms with Crippen LogP contribution < -0.4 is 20.1 Å². The molecule has 1 heterocycles. The molecule has 2 rings (SSSR count). The number of benzene rings is 1. The number of halogens is 3. The SMILES string of the molecule is CCNC(=NCc1cccc(OCC)c1OC(F)F)NCC(C)CN1CCN(C)CC1.I. The Morgan fingerprint density at radius 1 is 1.16 bits per heavy atom. The van der Waals surface area contributed by atoms with Crippen molar-refractivity contribution in [2.75, 3.05) is 59.5 Å². The third-order valence-electron chi connectivity index (χ3n) is 5.10. The Hall–Kier alpha value is -1.40. The van der Waals surface area contributed by atoms with Crippen molar-refractivity contribution in [2.45, 2.75) is 33.9 Å². The number of alkyl halides is 2. The van der Waals surface area contributed by atoms with Crippen molar-refractivity contribution < 1.29 is 18.3 Å². The number of guanidine groups is 1. The van der Waals surface area contributed by atoms with Crippen molar-refractivity contribution in [3.05, 3.63) is 23.8 Å². The van der Waals surface area contributed by atoms with E-state index in [1.165, 1.54) is 0 Å². The maximum Gasteiger partial charge on any atom is 0.387 e. The Morgan fingerprint density at radius 3 is 2.50 bits per heavy atom. The highest BCUT2D eigenvalue weighted by molar-refractivity contribution is 14.0. The second kappa shape index (κ2) is 15.4. The smallest absolute Gasteiger partial charge is 0.387 e. The molecule has 1 aromatic rings. The molecular weight excluding hydrogens is 531 g/mol. The molecule has 2 N–H and O–H groups in total. The van der Waals surface area contributed by atoms with Crippen molar-refractivity contribution in [1.82, 2.24) is 20.4 Å². The third-order valence-corrected chi connectivity index (χ3v) is 5.10. The van der Waals surface area contributed by atoms with E-state index >= 15 is 0 Å². The van der Waals surface area contributed by atoms with Gasteiger partial charge in [0.15, 0.2) is 17.5 Å². The first-order chi connectivity index (χ1) is 14.9. The summed E-state index contributed by atoms with van der Waals surface area (Å²) in [6.07, 6.45) is 0. The molecule has 0 saturated carbocycles. The number of aliphatic imine (C=N–C) groups is 1. The molecular formula is C22H38F2IN5O2. The van der Waals surface area contributed by atoms with Crippen LogP contribution in [0.1, 0.15) is 26.3 Å². The first kappa shape index (κ1) is 28.6. The fourth-order valence-electron chi connectivity index (χ4n) is 3.49. The van der Waals surface area contributed by atoms with Gasteiger partial charge in [-0.3, -0.25) is 0 Å². The zero-order chi connectivity index (χ0) is 22.6. The van der Waals surface area contributed by atoms with Crippen LogP contribution in [0.5, 0.6) is 11.5 Å². The van der Waals surface area contributed by atoms with Crippen molar-refractivity contribution in [3.8, 4) is 11.5 Å². The Bertz CT molecular complexity index is 688. The maximum absolute atomic E-state index is 12.9. The minimum absolute atomic E-state index is 0. The predicted molar refractivity (Wildman–Crippen MR) is 136 cm³/mol. The van der Waals surface area contributed by atoms with Gasteiger partial charge < -0.3 is 29.9 Å². The van der Waals surface area contributed by atoms with Crippen LogP contribution in [0.3, 0.4) is 0 Å². The second-order valence-corrected chi connectivity index (χ2v) is 7.84. The van der Waals surface area contributed by atoms with Gasteiger partial charge in [0.25, 0.3) is 0 Å². The molecule has 0 aliphatic carbocycles. The molecule has 184 valence electrons. The highest BCUT2D eigenvalue weighted by Crippen LogP contribution is 2.33. The molecule has 1 fully saturated rings. The van der Waals surface area contributed by atoms with Gasteiger partial charge in [0, 0.05) is 51.4 Å². The first-order valence-corrected chi connectivity index (χ1v) is 11.0. The number of likely N-dealkylation sites (N-methyl/N-ethyl adjacent to an activating group) is 1. The number of nitrogens with zero attached hydrogens (tertiary/aromatic N) is 3. The Labute approximate surface area is 207 Å². The van der Waals surface area contributed by atoms with E-state index in [2.05, 4.69) is 39.4 Å². The second-order valence-electron chi connectivity index (χ2n) is 7.84. The number of rotatable bonds is 11. The van der Waals surface area contributed by atoms with Gasteiger partial charge in [0.2, 0.25) is 0 Å². The highest BCUT2D eigenvalue weighted by Gasteiger charge is 2.17. The van der Waals surface area contributed by atoms with E-state index in [4.69, 9.17) is 9.47 Å². The standard InChI is InChI=1S/C22H37F2N5O2.HI/c1-5-25-22(26-14-17(3)16-29-12-10-28(4)11-13-29)27-15-18-8-7-9-19(30-6-2)20(18)31-21(23)24;/h7-9,17,21H,5-6,10-16H2,1-4H3,(H2,25,26,27);1H. The number of hydrogen-bond donors (Lipinski definition) is 2. The Kier molecular flexibility index (Phi) is 13.8. The number of ether oxygens (including phenoxy) is 2. The zero-order valence-corrected chi connectivity index (χ0v) is 21.9. The van der Waals surface area contributed by atoms with E-state index in [1.807, 2.05) is 6.92 Å². The quantitative estimate of drug-likeness (QED) is 0.243. The van der Waals surface area contributed by atoms with Gasteiger partial charge in [0.1, 0.15) is 0 Å². The summed E-state index contributed by atoms with van der Waals surface area (Å²) in [6.45, 7) is 10.6. The molecule has 0 amide bonds. The Balaban J connectivity index is 0.00000512. The zero-order valence-electron chi connectivity index (χ0n) is 19.6. The summed E-state index contributed by atoms with van der Waals surface area (Å²) in [4.78, 5) is 9.41. The lowest BCUT2D eigenvalue weighted by molar-refractivity contribution is -0.0520. The van der Waals surface area contributed by atoms with Gasteiger partial charge in [-0.15, -0.1) is 24.0 Å². The van der Waals surface area contributed by atoms with Gasteiger partial charge in [0.05, 0.1) is 13.2 Å². The fraction of sp³-hybridized carbons (Fsp3) is 0.682. The van der Waals surface area contributed by atoms with Crippen molar-refractivity contribution in [1.29, 1.82) is 0 Å². The average Bonchev–Trinajstić information content (AvgIpc) is 2.73. The summed E-state index contributed by atoms with van der Waals surface area (Å²) in [5.41, 5.74) is 0.550. The molecule has 7 nitrogen and oxygen atoms in total. The molecule has 1 aliphatic heterocycles. The minimum Gasteiger partial charge on any atom is -0.490 e. The van der Waals surface area contributed by atoms with Crippen molar-refractivity contribution in [3.63, 3.8) is 0 Å². The molecule has 0 spiro atoms. The van der Waals surface area contributed by atoms with E-state index in [0.29, 0.717) is 36.3 Å². The van der Waals surface area contributed by atoms with Crippen LogP contribution >= 0.6 is 24.0 Å². The predicted octanol–water partition coefficient (Wildman–Crippen LogP) is 3.24. The van der Waals surface area contributed by atoms with E-state index in [0.717, 1.165) is 39.3 Å². The van der Waals surface area contributed by atoms with E-state index in [-0.39, 0.29) is 36.3 Å². The molecule has 10 heteroatoms. The molecule has 0 radical (unpaired) electrons. The molecule has 1 aromatic carbocycles. The van der Waals surface area contributed by atoms with Gasteiger partial charge >= 0.3 is 6.61 Å². The van der Waals surface area contributed by atoms with Crippen LogP contribution in [0.15, 0.2) is 23.2 Å². The highest BCUT2D eigenvalue weighted by atomic mass is 127. The number of nitrogens with one attached hydrogen (secondary N) is 2. The first-order valence-electron chi connectivity index (χ1n) is 11.0. The van der Waals surface area contributed by atoms with E-state index < -0.39 is 6.61 Å². The molecule has 1 saturated heterocycles. The van der Waals surface area contributed by atoms with Gasteiger partial charge in [-0.05, 0) is 32.9 Å². The number of piperazine rings is 1. The summed E-state index contributed by atoms with van der Waals surface area (Å²) in [5, 5.41) is 6.59.